The number of unbranched alkanes of at least 4 members (excludes halogenated alkanes) is 1. The van der Waals surface area contributed by atoms with Crippen molar-refractivity contribution in [3.05, 3.63) is 76.9 Å². The van der Waals surface area contributed by atoms with Crippen molar-refractivity contribution in [3.8, 4) is 5.69 Å². The fraction of sp³-hybridized carbons (Fsp3) is 0.414. The number of carbonyl (C=O) groups excluding carboxylic acids is 2. The Kier molecular flexibility index (Phi) is 7.84. The number of amides is 2. The van der Waals surface area contributed by atoms with Crippen LogP contribution in [0.1, 0.15) is 64.1 Å². The van der Waals surface area contributed by atoms with E-state index in [0.29, 0.717) is 17.4 Å². The first kappa shape index (κ1) is 26.0. The van der Waals surface area contributed by atoms with Crippen LogP contribution in [-0.2, 0) is 15.0 Å². The minimum Gasteiger partial charge on any atom is -0.333 e. The first-order valence-corrected chi connectivity index (χ1v) is 13.0. The summed E-state index contributed by atoms with van der Waals surface area (Å²) in [5.41, 5.74) is 2.65. The van der Waals surface area contributed by atoms with Gasteiger partial charge in [-0.1, -0.05) is 76.0 Å². The Labute approximate surface area is 218 Å². The second-order valence-electron chi connectivity index (χ2n) is 10.6. The third-order valence-corrected chi connectivity index (χ3v) is 6.83. The standard InChI is InChI=1S/C29H35ClN4O2/c1-5-6-16-33(28(36)24-17-23(24)20-10-8-7-9-11-20)19-27(35)31-26-18-25(29(2,3)4)32-34(26)22-14-12-21(30)13-15-22/h7-15,18,23-24H,5-6,16-17,19H2,1-4H3,(H,31,35). The van der Waals surface area contributed by atoms with Gasteiger partial charge in [-0.15, -0.1) is 0 Å². The van der Waals surface area contributed by atoms with E-state index in [9.17, 15) is 9.59 Å². The molecule has 1 fully saturated rings. The molecule has 190 valence electrons. The first-order chi connectivity index (χ1) is 17.2. The van der Waals surface area contributed by atoms with E-state index in [-0.39, 0.29) is 35.6 Å². The predicted molar refractivity (Wildman–Crippen MR) is 145 cm³/mol. The molecule has 0 radical (unpaired) electrons. The maximum Gasteiger partial charge on any atom is 0.245 e. The molecule has 36 heavy (non-hydrogen) atoms. The maximum absolute atomic E-state index is 13.4. The van der Waals surface area contributed by atoms with Gasteiger partial charge in [-0.3, -0.25) is 9.59 Å². The van der Waals surface area contributed by atoms with Crippen molar-refractivity contribution >= 4 is 29.2 Å². The van der Waals surface area contributed by atoms with Crippen LogP contribution in [0.25, 0.3) is 5.69 Å². The normalized spacial score (nSPS) is 17.0. The lowest BCUT2D eigenvalue weighted by Crippen LogP contribution is -2.40. The zero-order valence-corrected chi connectivity index (χ0v) is 22.3. The Balaban J connectivity index is 1.50. The summed E-state index contributed by atoms with van der Waals surface area (Å²) in [5, 5.41) is 8.40. The Morgan fingerprint density at radius 2 is 1.81 bits per heavy atom. The molecule has 2 aromatic carbocycles. The number of hydrogen-bond acceptors (Lipinski definition) is 3. The molecule has 4 rings (SSSR count). The fourth-order valence-corrected chi connectivity index (χ4v) is 4.48. The molecule has 2 atom stereocenters. The number of carbonyl (C=O) groups is 2. The quantitative estimate of drug-likeness (QED) is 0.376. The van der Waals surface area contributed by atoms with Gasteiger partial charge in [-0.05, 0) is 48.6 Å². The highest BCUT2D eigenvalue weighted by Crippen LogP contribution is 2.48. The number of hydrogen-bond donors (Lipinski definition) is 1. The number of nitrogens with zero attached hydrogens (tertiary/aromatic N) is 3. The number of anilines is 1. The van der Waals surface area contributed by atoms with Crippen molar-refractivity contribution in [3.63, 3.8) is 0 Å². The highest BCUT2D eigenvalue weighted by molar-refractivity contribution is 6.30. The molecule has 1 N–H and O–H groups in total. The van der Waals surface area contributed by atoms with Gasteiger partial charge >= 0.3 is 0 Å². The molecule has 1 aromatic heterocycles. The molecule has 1 saturated carbocycles. The zero-order valence-electron chi connectivity index (χ0n) is 21.5. The van der Waals surface area contributed by atoms with Gasteiger partial charge in [-0.2, -0.15) is 5.10 Å². The van der Waals surface area contributed by atoms with Crippen LogP contribution < -0.4 is 5.32 Å². The van der Waals surface area contributed by atoms with Gasteiger partial charge in [0.05, 0.1) is 17.9 Å². The Bertz CT molecular complexity index is 1200. The van der Waals surface area contributed by atoms with E-state index in [2.05, 4.69) is 45.1 Å². The fourth-order valence-electron chi connectivity index (χ4n) is 4.36. The predicted octanol–water partition coefficient (Wildman–Crippen LogP) is 6.19. The van der Waals surface area contributed by atoms with E-state index in [0.717, 1.165) is 30.6 Å². The lowest BCUT2D eigenvalue weighted by Gasteiger charge is -2.22. The molecular weight excluding hydrogens is 472 g/mol. The number of rotatable bonds is 9. The molecule has 1 aliphatic carbocycles. The van der Waals surface area contributed by atoms with Crippen LogP contribution in [0.15, 0.2) is 60.7 Å². The molecule has 3 aromatic rings. The van der Waals surface area contributed by atoms with Gasteiger partial charge in [0.2, 0.25) is 11.8 Å². The van der Waals surface area contributed by atoms with Crippen LogP contribution >= 0.6 is 11.6 Å². The largest absolute Gasteiger partial charge is 0.333 e. The highest BCUT2D eigenvalue weighted by atomic mass is 35.5. The molecular formula is C29H35ClN4O2. The molecule has 2 unspecified atom stereocenters. The second-order valence-corrected chi connectivity index (χ2v) is 11.0. The van der Waals surface area contributed by atoms with E-state index >= 15 is 0 Å². The van der Waals surface area contributed by atoms with Gasteiger partial charge < -0.3 is 10.2 Å². The number of halogens is 1. The van der Waals surface area contributed by atoms with E-state index in [1.807, 2.05) is 36.4 Å². The minimum atomic E-state index is -0.230. The second kappa shape index (κ2) is 10.9. The average Bonchev–Trinajstić information content (AvgIpc) is 3.54. The van der Waals surface area contributed by atoms with Crippen LogP contribution in [-0.4, -0.2) is 39.6 Å². The molecule has 1 heterocycles. The summed E-state index contributed by atoms with van der Waals surface area (Å²) in [6.07, 6.45) is 2.65. The van der Waals surface area contributed by atoms with Crippen molar-refractivity contribution < 1.29 is 9.59 Å². The van der Waals surface area contributed by atoms with E-state index < -0.39 is 0 Å². The van der Waals surface area contributed by atoms with Gasteiger partial charge in [0.15, 0.2) is 0 Å². The molecule has 1 aliphatic rings. The van der Waals surface area contributed by atoms with Crippen molar-refractivity contribution in [2.75, 3.05) is 18.4 Å². The lowest BCUT2D eigenvalue weighted by atomic mass is 9.92. The number of aromatic nitrogens is 2. The summed E-state index contributed by atoms with van der Waals surface area (Å²) in [5.74, 6) is 0.598. The van der Waals surface area contributed by atoms with Crippen LogP contribution in [0.4, 0.5) is 5.82 Å². The van der Waals surface area contributed by atoms with Crippen LogP contribution in [0.2, 0.25) is 5.02 Å². The van der Waals surface area contributed by atoms with Gasteiger partial charge in [-0.25, -0.2) is 4.68 Å². The van der Waals surface area contributed by atoms with E-state index in [1.165, 1.54) is 5.56 Å². The molecule has 0 spiro atoms. The number of nitrogens with one attached hydrogen (secondary N) is 1. The molecule has 0 bridgehead atoms. The van der Waals surface area contributed by atoms with Crippen molar-refractivity contribution in [2.24, 2.45) is 5.92 Å². The summed E-state index contributed by atoms with van der Waals surface area (Å²) < 4.78 is 1.72. The SMILES string of the molecule is CCCCN(CC(=O)Nc1cc(C(C)(C)C)nn1-c1ccc(Cl)cc1)C(=O)C1CC1c1ccccc1. The molecule has 0 aliphatic heterocycles. The monoisotopic (exact) mass is 506 g/mol. The maximum atomic E-state index is 13.4. The van der Waals surface area contributed by atoms with E-state index in [1.54, 1.807) is 21.7 Å². The topological polar surface area (TPSA) is 67.2 Å². The van der Waals surface area contributed by atoms with Gasteiger partial charge in [0.25, 0.3) is 0 Å². The lowest BCUT2D eigenvalue weighted by molar-refractivity contribution is -0.136. The van der Waals surface area contributed by atoms with Gasteiger partial charge in [0, 0.05) is 29.0 Å². The molecule has 6 nitrogen and oxygen atoms in total. The van der Waals surface area contributed by atoms with Crippen molar-refractivity contribution in [2.45, 2.75) is 58.3 Å². The third kappa shape index (κ3) is 6.16. The third-order valence-electron chi connectivity index (χ3n) is 6.58. The smallest absolute Gasteiger partial charge is 0.245 e. The summed E-state index contributed by atoms with van der Waals surface area (Å²) in [7, 11) is 0. The minimum absolute atomic E-state index is 0.0213. The summed E-state index contributed by atoms with van der Waals surface area (Å²) in [6, 6.07) is 19.4. The van der Waals surface area contributed by atoms with Crippen molar-refractivity contribution in [1.82, 2.24) is 14.7 Å². The highest BCUT2D eigenvalue weighted by Gasteiger charge is 2.45. The summed E-state index contributed by atoms with van der Waals surface area (Å²) in [4.78, 5) is 28.3. The Hall–Kier alpha value is -3.12. The first-order valence-electron chi connectivity index (χ1n) is 12.7. The Morgan fingerprint density at radius 3 is 2.44 bits per heavy atom. The Morgan fingerprint density at radius 1 is 1.11 bits per heavy atom. The van der Waals surface area contributed by atoms with Crippen LogP contribution in [0.5, 0.6) is 0 Å². The molecule has 7 heteroatoms. The molecule has 0 saturated heterocycles. The van der Waals surface area contributed by atoms with Gasteiger partial charge in [0.1, 0.15) is 5.82 Å². The molecule has 2 amide bonds. The average molecular weight is 507 g/mol. The van der Waals surface area contributed by atoms with Crippen molar-refractivity contribution in [1.29, 1.82) is 0 Å². The summed E-state index contributed by atoms with van der Waals surface area (Å²) >= 11 is 6.07. The number of benzene rings is 2. The summed E-state index contributed by atoms with van der Waals surface area (Å²) in [6.45, 7) is 8.93. The van der Waals surface area contributed by atoms with E-state index in [4.69, 9.17) is 16.7 Å². The zero-order chi connectivity index (χ0) is 25.9. The van der Waals surface area contributed by atoms with Crippen LogP contribution in [0.3, 0.4) is 0 Å². The van der Waals surface area contributed by atoms with Crippen LogP contribution in [0, 0.1) is 5.92 Å².